The second-order valence-corrected chi connectivity index (χ2v) is 5.30. The molecule has 0 bridgehead atoms. The third-order valence-corrected chi connectivity index (χ3v) is 3.75. The Morgan fingerprint density at radius 3 is 2.41 bits per heavy atom. The zero-order valence-corrected chi connectivity index (χ0v) is 11.2. The zero-order valence-electron chi connectivity index (χ0n) is 11.2. The van der Waals surface area contributed by atoms with Gasteiger partial charge in [-0.25, -0.2) is 0 Å². The molecule has 1 saturated heterocycles. The maximum atomic E-state index is 10.6. The van der Waals surface area contributed by atoms with Gasteiger partial charge >= 0.3 is 5.97 Å². The highest BCUT2D eigenvalue weighted by atomic mass is 16.4. The minimum atomic E-state index is -0.636. The summed E-state index contributed by atoms with van der Waals surface area (Å²) in [5.41, 5.74) is 0. The van der Waals surface area contributed by atoms with Crippen LogP contribution in [0.2, 0.25) is 0 Å². The Labute approximate surface area is 105 Å². The third kappa shape index (κ3) is 6.67. The summed E-state index contributed by atoms with van der Waals surface area (Å²) in [6, 6.07) is 0. The fraction of sp³-hybridized carbons (Fsp3) is 0.929. The van der Waals surface area contributed by atoms with Gasteiger partial charge in [0, 0.05) is 6.42 Å². The van der Waals surface area contributed by atoms with Gasteiger partial charge in [-0.3, -0.25) is 4.79 Å². The number of likely N-dealkylation sites (tertiary alicyclic amines) is 1. The van der Waals surface area contributed by atoms with Gasteiger partial charge in [-0.05, 0) is 44.8 Å². The molecule has 1 N–H and O–H groups in total. The summed E-state index contributed by atoms with van der Waals surface area (Å²) in [7, 11) is 0. The number of hydrogen-bond donors (Lipinski definition) is 1. The van der Waals surface area contributed by atoms with Gasteiger partial charge in [0.15, 0.2) is 0 Å². The molecule has 0 aromatic carbocycles. The van der Waals surface area contributed by atoms with Gasteiger partial charge in [0.05, 0.1) is 0 Å². The quantitative estimate of drug-likeness (QED) is 0.664. The first-order valence-corrected chi connectivity index (χ1v) is 7.16. The molecular weight excluding hydrogens is 214 g/mol. The Hall–Kier alpha value is -0.570. The second-order valence-electron chi connectivity index (χ2n) is 5.30. The van der Waals surface area contributed by atoms with Crippen molar-refractivity contribution in [1.29, 1.82) is 0 Å². The number of carbonyl (C=O) groups is 1. The maximum absolute atomic E-state index is 10.6. The molecule has 0 aliphatic carbocycles. The average Bonchev–Trinajstić information content (AvgIpc) is 2.30. The van der Waals surface area contributed by atoms with Crippen molar-refractivity contribution in [2.75, 3.05) is 19.6 Å². The Balaban J connectivity index is 2.01. The maximum Gasteiger partial charge on any atom is 0.303 e. The number of piperidine rings is 1. The van der Waals surface area contributed by atoms with Gasteiger partial charge in [-0.2, -0.15) is 0 Å². The van der Waals surface area contributed by atoms with Gasteiger partial charge in [0.2, 0.25) is 0 Å². The molecule has 1 aliphatic heterocycles. The van der Waals surface area contributed by atoms with Crippen molar-refractivity contribution in [3.63, 3.8) is 0 Å². The van der Waals surface area contributed by atoms with E-state index < -0.39 is 5.97 Å². The largest absolute Gasteiger partial charge is 0.481 e. The van der Waals surface area contributed by atoms with Gasteiger partial charge < -0.3 is 10.0 Å². The highest BCUT2D eigenvalue weighted by Gasteiger charge is 2.20. The first kappa shape index (κ1) is 14.5. The van der Waals surface area contributed by atoms with Crippen LogP contribution in [-0.2, 0) is 4.79 Å². The van der Waals surface area contributed by atoms with E-state index in [1.165, 1.54) is 38.6 Å². The summed E-state index contributed by atoms with van der Waals surface area (Å²) in [6.45, 7) is 5.66. The molecule has 1 rings (SSSR count). The van der Waals surface area contributed by atoms with Crippen molar-refractivity contribution < 1.29 is 9.90 Å². The van der Waals surface area contributed by atoms with Crippen molar-refractivity contribution in [3.05, 3.63) is 0 Å². The standard InChI is InChI=1S/C14H27NO2/c1-2-3-4-5-6-9-15-10-7-13(8-11-15)12-14(16)17/h13H,2-12H2,1H3,(H,16,17). The molecule has 0 unspecified atom stereocenters. The molecule has 0 radical (unpaired) electrons. The van der Waals surface area contributed by atoms with Crippen LogP contribution < -0.4 is 0 Å². The van der Waals surface area contributed by atoms with Crippen molar-refractivity contribution in [2.24, 2.45) is 5.92 Å². The van der Waals surface area contributed by atoms with Crippen LogP contribution in [0, 0.1) is 5.92 Å². The smallest absolute Gasteiger partial charge is 0.303 e. The molecule has 3 heteroatoms. The number of unbranched alkanes of at least 4 members (excludes halogenated alkanes) is 4. The van der Waals surface area contributed by atoms with Crippen LogP contribution in [0.4, 0.5) is 0 Å². The Morgan fingerprint density at radius 1 is 1.18 bits per heavy atom. The lowest BCUT2D eigenvalue weighted by Crippen LogP contribution is -2.35. The zero-order chi connectivity index (χ0) is 12.5. The fourth-order valence-corrected chi connectivity index (χ4v) is 2.60. The van der Waals surface area contributed by atoms with E-state index in [1.54, 1.807) is 0 Å². The van der Waals surface area contributed by atoms with Crippen molar-refractivity contribution in [3.8, 4) is 0 Å². The number of nitrogens with zero attached hydrogens (tertiary/aromatic N) is 1. The van der Waals surface area contributed by atoms with Crippen LogP contribution in [0.3, 0.4) is 0 Å². The molecule has 1 aliphatic rings. The molecule has 0 saturated carbocycles. The molecule has 0 aromatic heterocycles. The molecular formula is C14H27NO2. The minimum Gasteiger partial charge on any atom is -0.481 e. The lowest BCUT2D eigenvalue weighted by molar-refractivity contribution is -0.138. The number of carboxylic acid groups (broad SMARTS) is 1. The van der Waals surface area contributed by atoms with E-state index in [1.807, 2.05) is 0 Å². The number of rotatable bonds is 8. The van der Waals surface area contributed by atoms with Crippen LogP contribution in [0.1, 0.15) is 58.3 Å². The summed E-state index contributed by atoms with van der Waals surface area (Å²) >= 11 is 0. The van der Waals surface area contributed by atoms with Gasteiger partial charge in [0.25, 0.3) is 0 Å². The van der Waals surface area contributed by atoms with E-state index in [4.69, 9.17) is 5.11 Å². The Kier molecular flexibility index (Phi) is 7.25. The highest BCUT2D eigenvalue weighted by Crippen LogP contribution is 2.20. The van der Waals surface area contributed by atoms with Crippen LogP contribution in [0.15, 0.2) is 0 Å². The molecule has 17 heavy (non-hydrogen) atoms. The third-order valence-electron chi connectivity index (χ3n) is 3.75. The lowest BCUT2D eigenvalue weighted by atomic mass is 9.93. The molecule has 1 fully saturated rings. The first-order valence-electron chi connectivity index (χ1n) is 7.16. The van der Waals surface area contributed by atoms with Gasteiger partial charge in [-0.15, -0.1) is 0 Å². The number of carboxylic acids is 1. The van der Waals surface area contributed by atoms with Crippen LogP contribution in [0.25, 0.3) is 0 Å². The van der Waals surface area contributed by atoms with E-state index in [0.29, 0.717) is 12.3 Å². The molecule has 3 nitrogen and oxygen atoms in total. The normalized spacial score (nSPS) is 18.4. The fourth-order valence-electron chi connectivity index (χ4n) is 2.60. The monoisotopic (exact) mass is 241 g/mol. The van der Waals surface area contributed by atoms with Crippen molar-refractivity contribution >= 4 is 5.97 Å². The summed E-state index contributed by atoms with van der Waals surface area (Å²) in [5, 5.41) is 8.74. The SMILES string of the molecule is CCCCCCCN1CCC(CC(=O)O)CC1. The van der Waals surface area contributed by atoms with E-state index in [-0.39, 0.29) is 0 Å². The summed E-state index contributed by atoms with van der Waals surface area (Å²) < 4.78 is 0. The van der Waals surface area contributed by atoms with E-state index in [0.717, 1.165) is 25.9 Å². The van der Waals surface area contributed by atoms with Gasteiger partial charge in [-0.1, -0.05) is 32.6 Å². The molecule has 0 aromatic rings. The molecule has 1 heterocycles. The van der Waals surface area contributed by atoms with E-state index >= 15 is 0 Å². The number of hydrogen-bond acceptors (Lipinski definition) is 2. The first-order chi connectivity index (χ1) is 8.22. The van der Waals surface area contributed by atoms with Crippen LogP contribution in [0.5, 0.6) is 0 Å². The van der Waals surface area contributed by atoms with Crippen molar-refractivity contribution in [1.82, 2.24) is 4.90 Å². The molecule has 100 valence electrons. The molecule has 0 spiro atoms. The molecule has 0 atom stereocenters. The highest BCUT2D eigenvalue weighted by molar-refractivity contribution is 5.67. The Morgan fingerprint density at radius 2 is 1.82 bits per heavy atom. The van der Waals surface area contributed by atoms with Crippen molar-refractivity contribution in [2.45, 2.75) is 58.3 Å². The Bertz CT molecular complexity index is 210. The summed E-state index contributed by atoms with van der Waals surface area (Å²) in [5.74, 6) is -0.216. The van der Waals surface area contributed by atoms with E-state index in [2.05, 4.69) is 11.8 Å². The molecule has 0 amide bonds. The second kappa shape index (κ2) is 8.51. The topological polar surface area (TPSA) is 40.5 Å². The van der Waals surface area contributed by atoms with Crippen LogP contribution in [-0.4, -0.2) is 35.6 Å². The predicted octanol–water partition coefficient (Wildman–Crippen LogP) is 3.14. The predicted molar refractivity (Wildman–Crippen MR) is 70.2 cm³/mol. The summed E-state index contributed by atoms with van der Waals surface area (Å²) in [4.78, 5) is 13.1. The van der Waals surface area contributed by atoms with Crippen LogP contribution >= 0.6 is 0 Å². The van der Waals surface area contributed by atoms with E-state index in [9.17, 15) is 4.79 Å². The number of aliphatic carboxylic acids is 1. The lowest BCUT2D eigenvalue weighted by Gasteiger charge is -2.31. The summed E-state index contributed by atoms with van der Waals surface area (Å²) in [6.07, 6.45) is 9.20. The average molecular weight is 241 g/mol. The minimum absolute atomic E-state index is 0.365. The van der Waals surface area contributed by atoms with Gasteiger partial charge in [0.1, 0.15) is 0 Å².